The van der Waals surface area contributed by atoms with Crippen LogP contribution in [-0.2, 0) is 58.9 Å². The molecule has 28 nitrogen and oxygen atoms in total. The number of nitrogens with zero attached hydrogens (tertiary/aromatic N) is 10. The number of likely N-dealkylation sites (tertiary alicyclic amines) is 2. The molecule has 0 radical (unpaired) electrons. The van der Waals surface area contributed by atoms with E-state index in [-0.39, 0.29) is 47.8 Å². The smallest absolute Gasteiger partial charge is 0.287 e. The Morgan fingerprint density at radius 2 is 0.853 bits per heavy atom. The van der Waals surface area contributed by atoms with Crippen LogP contribution in [0.3, 0.4) is 0 Å². The van der Waals surface area contributed by atoms with Crippen molar-refractivity contribution in [3.63, 3.8) is 0 Å². The summed E-state index contributed by atoms with van der Waals surface area (Å²) in [6.45, 7) is 27.9. The maximum absolute atomic E-state index is 14.5. The SMILES string of the molecule is CCN1CCC(Cn2c(C(=O)NCc3ccc4c(N)nccc4c3)nc3ccccc32)CC1.CN1CCC(Cn2c(C(=O)NCc3ccc4c(N)nccc4c3)cc3ccccc32)CC1.Cc1cc(CN)cc(C)c1CNC(=O)c1cc(Cl)c(C)s1.Cc1cc(N)nc(C)c1CNC(=O)c1cc(Cl)c(C)s1.Cc1sc(C(=O)NCc2cc3c(N)nccc3s2)cc1Cl.Cc1sc(C(=O)NCc2ccc3c(N)nccc3c2F)cc1Cl. The van der Waals surface area contributed by atoms with Gasteiger partial charge in [-0.15, -0.1) is 56.7 Å². The van der Waals surface area contributed by atoms with Crippen molar-refractivity contribution in [2.45, 2.75) is 147 Å². The lowest BCUT2D eigenvalue weighted by Gasteiger charge is -2.31. The van der Waals surface area contributed by atoms with Gasteiger partial charge in [-0.2, -0.15) is 0 Å². The summed E-state index contributed by atoms with van der Waals surface area (Å²) in [5.74, 6) is 2.77. The number of hydrogen-bond acceptors (Lipinski definition) is 25. The summed E-state index contributed by atoms with van der Waals surface area (Å²) >= 11 is 31.0. The van der Waals surface area contributed by atoms with Crippen LogP contribution in [0.15, 0.2) is 201 Å². The molecule has 18 aromatic rings. The minimum Gasteiger partial charge on any atom is -0.384 e. The van der Waals surface area contributed by atoms with Gasteiger partial charge in [0, 0.05) is 155 Å². The number of aromatic nitrogens is 8. The van der Waals surface area contributed by atoms with Crippen LogP contribution in [0.25, 0.3) is 64.3 Å². The Balaban J connectivity index is 0.000000136. The molecule has 12 aromatic heterocycles. The molecule has 18 N–H and O–H groups in total. The first-order chi connectivity index (χ1) is 72.0. The van der Waals surface area contributed by atoms with Crippen molar-refractivity contribution < 1.29 is 33.2 Å². The molecule has 38 heteroatoms. The predicted octanol–water partition coefficient (Wildman–Crippen LogP) is 22.6. The summed E-state index contributed by atoms with van der Waals surface area (Å²) in [6.07, 6.45) is 11.2. The van der Waals surface area contributed by atoms with Gasteiger partial charge in [-0.05, 0) is 285 Å². The summed E-state index contributed by atoms with van der Waals surface area (Å²) in [7, 11) is 2.18. The number of piperidine rings is 2. The molecule has 0 aliphatic carbocycles. The molecule has 2 saturated heterocycles. The molecule has 2 aliphatic rings. The van der Waals surface area contributed by atoms with Crippen LogP contribution in [0.4, 0.5) is 33.5 Å². The van der Waals surface area contributed by atoms with Gasteiger partial charge in [0.2, 0.25) is 0 Å². The van der Waals surface area contributed by atoms with E-state index >= 15 is 0 Å². The zero-order chi connectivity index (χ0) is 107. The molecular formula is C112H119Cl4FN22O6S5. The summed E-state index contributed by atoms with van der Waals surface area (Å²) in [5, 5.41) is 27.0. The van der Waals surface area contributed by atoms with Crippen molar-refractivity contribution >= 4 is 232 Å². The Morgan fingerprint density at radius 3 is 1.37 bits per heavy atom. The predicted molar refractivity (Wildman–Crippen MR) is 614 cm³/mol. The standard InChI is InChI=1S/C26H30N6O.C26H29N5O.C16H13ClFN3OS.C16H19ClN2OS.C14H12ClN3OS2.C14H16ClN3OS/c1-2-31-13-10-18(11-14-31)17-32-23-6-4-3-5-22(23)30-25(32)26(33)29-16-19-7-8-21-20(15-19)9-12-28-24(21)27;1-30-12-9-18(10-13-30)17-31-23-5-3-2-4-21(23)15-24(31)26(32)29-16-19-6-7-22-20(14-19)8-11-28-25(22)27;1-8-12(17)6-13(23-8)16(22)21-7-9-2-3-11-10(14(9)18)4-5-20-15(11)19;1-9-4-12(7-18)5-10(2)13(9)8-19-16(20)15-6-14(17)11(3)21-15;1-7-10(15)5-12(20-7)14(19)18-6-8-4-9-11(21-8)2-3-17-13(9)16;1-7-4-13(16)18-8(2)10(7)6-17-14(19)12-5-11(15)9(3)20-12/h3-9,12,15,18H,2,10-11,13-14,16-17H2,1H3,(H2,27,28)(H,29,33);2-8,11,14-15,18H,9-10,12-13,16-17H2,1H3,(H2,27,28)(H,29,32);2-6H,7H2,1H3,(H2,19,20)(H,21,22);4-6H,7-8,18H2,1-3H3,(H,19,20);2-5H,6H2,1H3,(H2,16,17)(H,18,19);4-5H,6H2,1-3H3,(H2,16,18)(H,17,19). The number of halogens is 5. The Kier molecular flexibility index (Phi) is 37.5. The average Bonchev–Trinajstić information content (AvgIpc) is 1.62. The number of anilines is 5. The summed E-state index contributed by atoms with van der Waals surface area (Å²) < 4.78 is 19.9. The fourth-order valence-electron chi connectivity index (χ4n) is 18.0. The number of thiophene rings is 5. The molecule has 0 saturated carbocycles. The summed E-state index contributed by atoms with van der Waals surface area (Å²) in [6, 6.07) is 55.6. The molecule has 2 aliphatic heterocycles. The van der Waals surface area contributed by atoms with Gasteiger partial charge in [-0.3, -0.25) is 28.8 Å². The fourth-order valence-corrected chi connectivity index (χ4v) is 23.5. The van der Waals surface area contributed by atoms with Crippen molar-refractivity contribution in [3.8, 4) is 0 Å². The number of carbonyl (C=O) groups excluding carboxylic acids is 6. The zero-order valence-electron chi connectivity index (χ0n) is 84.8. The van der Waals surface area contributed by atoms with Gasteiger partial charge < -0.3 is 85.2 Å². The largest absolute Gasteiger partial charge is 0.384 e. The van der Waals surface area contributed by atoms with Crippen LogP contribution < -0.4 is 66.3 Å². The van der Waals surface area contributed by atoms with E-state index in [2.05, 4.69) is 126 Å². The monoisotopic (exact) mass is 2190 g/mol. The van der Waals surface area contributed by atoms with E-state index in [4.69, 9.17) is 85.8 Å². The molecule has 0 spiro atoms. The van der Waals surface area contributed by atoms with Crippen molar-refractivity contribution in [2.24, 2.45) is 17.6 Å². The van der Waals surface area contributed by atoms with E-state index in [9.17, 15) is 33.2 Å². The molecule has 150 heavy (non-hydrogen) atoms. The molecule has 6 aromatic carbocycles. The highest BCUT2D eigenvalue weighted by Gasteiger charge is 2.28. The van der Waals surface area contributed by atoms with Gasteiger partial charge >= 0.3 is 0 Å². The number of para-hydroxylation sites is 3. The average molecular weight is 2190 g/mol. The van der Waals surface area contributed by atoms with Crippen molar-refractivity contribution in [3.05, 3.63) is 338 Å². The molecule has 2 fully saturated rings. The topological polar surface area (TPSA) is 424 Å². The second-order valence-electron chi connectivity index (χ2n) is 37.0. The number of amides is 6. The number of fused-ring (bicyclic) bond motifs is 6. The third-order valence-corrected chi connectivity index (χ3v) is 33.8. The van der Waals surface area contributed by atoms with Crippen LogP contribution in [0.5, 0.6) is 0 Å². The first-order valence-corrected chi connectivity index (χ1v) is 54.5. The van der Waals surface area contributed by atoms with Gasteiger partial charge in [-0.1, -0.05) is 132 Å². The van der Waals surface area contributed by atoms with Gasteiger partial charge in [0.25, 0.3) is 35.4 Å². The highest BCUT2D eigenvalue weighted by Crippen LogP contribution is 2.36. The third kappa shape index (κ3) is 27.8. The highest BCUT2D eigenvalue weighted by atomic mass is 35.5. The minimum absolute atomic E-state index is 0.0385. The second-order valence-corrected chi connectivity index (χ2v) is 44.8. The number of imidazole rings is 1. The number of rotatable bonds is 24. The van der Waals surface area contributed by atoms with Crippen LogP contribution in [0, 0.1) is 73.0 Å². The Hall–Kier alpha value is -13.6. The van der Waals surface area contributed by atoms with E-state index in [1.54, 1.807) is 78.5 Å². The maximum Gasteiger partial charge on any atom is 0.287 e. The lowest BCUT2D eigenvalue weighted by Crippen LogP contribution is -2.35. The van der Waals surface area contributed by atoms with Crippen LogP contribution in [0.1, 0.15) is 173 Å². The molecule has 778 valence electrons. The Morgan fingerprint density at radius 1 is 0.407 bits per heavy atom. The van der Waals surface area contributed by atoms with Crippen LogP contribution in [-0.4, -0.2) is 124 Å². The molecule has 14 heterocycles. The lowest BCUT2D eigenvalue weighted by atomic mass is 9.96. The number of aryl methyl sites for hydroxylation is 8. The van der Waals surface area contributed by atoms with E-state index in [1.165, 1.54) is 64.4 Å². The van der Waals surface area contributed by atoms with Crippen LogP contribution >= 0.6 is 103 Å². The molecule has 0 bridgehead atoms. The Bertz CT molecular complexity index is 7880. The zero-order valence-corrected chi connectivity index (χ0v) is 91.9. The summed E-state index contributed by atoms with van der Waals surface area (Å²) in [5.41, 5.74) is 48.4. The van der Waals surface area contributed by atoms with Gasteiger partial charge in [0.15, 0.2) is 5.82 Å². The van der Waals surface area contributed by atoms with Gasteiger partial charge in [0.1, 0.15) is 40.6 Å². The first-order valence-electron chi connectivity index (χ1n) is 48.9. The third-order valence-electron chi connectivity index (χ3n) is 26.5. The van der Waals surface area contributed by atoms with Crippen molar-refractivity contribution in [1.29, 1.82) is 0 Å². The fraction of sp³-hybridized carbons (Fsp3) is 0.268. The minimum atomic E-state index is -0.405. The normalized spacial score (nSPS) is 12.8. The molecular weight excluding hydrogens is 2070 g/mol. The first kappa shape index (κ1) is 111. The Labute approximate surface area is 909 Å². The molecule has 0 unspecified atom stereocenters. The number of nitrogens with one attached hydrogen (secondary N) is 6. The maximum atomic E-state index is 14.5. The van der Waals surface area contributed by atoms with Gasteiger partial charge in [-0.25, -0.2) is 34.3 Å². The van der Waals surface area contributed by atoms with E-state index in [0.717, 1.165) is 193 Å². The van der Waals surface area contributed by atoms with Crippen molar-refractivity contribution in [2.75, 3.05) is 68.4 Å². The highest BCUT2D eigenvalue weighted by molar-refractivity contribution is 7.19. The number of nitrogens with two attached hydrogens (primary N) is 6. The summed E-state index contributed by atoms with van der Waals surface area (Å²) in [4.78, 5) is 112. The number of hydrogen-bond donors (Lipinski definition) is 12. The number of benzene rings is 6. The number of carbonyl (C=O) groups is 6. The molecule has 0 atom stereocenters. The van der Waals surface area contributed by atoms with Crippen LogP contribution in [0.2, 0.25) is 20.1 Å². The lowest BCUT2D eigenvalue weighted by molar-refractivity contribution is 0.0927. The molecule has 6 amide bonds. The quantitative estimate of drug-likeness (QED) is 0.0267. The van der Waals surface area contributed by atoms with Gasteiger partial charge in [0.05, 0.1) is 57.2 Å². The second kappa shape index (κ2) is 50.8. The number of nitrogen functional groups attached to an aromatic ring is 5. The molecule has 20 rings (SSSR count). The van der Waals surface area contributed by atoms with Crippen molar-refractivity contribution in [1.82, 2.24) is 80.7 Å². The van der Waals surface area contributed by atoms with E-state index in [0.29, 0.717) is 136 Å². The van der Waals surface area contributed by atoms with E-state index in [1.807, 2.05) is 146 Å². The number of pyridine rings is 5. The van der Waals surface area contributed by atoms with E-state index < -0.39 is 5.82 Å².